The number of ether oxygens (including phenoxy) is 1. The van der Waals surface area contributed by atoms with E-state index in [2.05, 4.69) is 5.32 Å². The van der Waals surface area contributed by atoms with Gasteiger partial charge in [-0.15, -0.1) is 0 Å². The molecule has 2 rings (SSSR count). The third-order valence-corrected chi connectivity index (χ3v) is 4.30. The molecule has 1 aromatic rings. The number of esters is 1. The fourth-order valence-electron chi connectivity index (χ4n) is 2.05. The second-order valence-corrected chi connectivity index (χ2v) is 5.80. The first-order valence-corrected chi connectivity index (χ1v) is 7.76. The summed E-state index contributed by atoms with van der Waals surface area (Å²) < 4.78 is 5.67. The summed E-state index contributed by atoms with van der Waals surface area (Å²) in [6, 6.07) is 7.92. The van der Waals surface area contributed by atoms with Gasteiger partial charge in [0.1, 0.15) is 0 Å². The van der Waals surface area contributed by atoms with Crippen LogP contribution >= 0.6 is 11.6 Å². The van der Waals surface area contributed by atoms with E-state index < -0.39 is 0 Å². The van der Waals surface area contributed by atoms with Crippen LogP contribution in [0, 0.1) is 0 Å². The Labute approximate surface area is 131 Å². The zero-order valence-corrected chi connectivity index (χ0v) is 14.5. The van der Waals surface area contributed by atoms with E-state index in [-0.39, 0.29) is 5.97 Å². The van der Waals surface area contributed by atoms with Crippen LogP contribution in [0.15, 0.2) is 40.6 Å². The summed E-state index contributed by atoms with van der Waals surface area (Å²) in [4.78, 5) is 13.7. The molecule has 1 unspecified atom stereocenters. The molecule has 0 aromatic heterocycles. The third-order valence-electron chi connectivity index (χ3n) is 3.07. The van der Waals surface area contributed by atoms with Crippen molar-refractivity contribution in [1.29, 1.82) is 0 Å². The van der Waals surface area contributed by atoms with Gasteiger partial charge in [-0.2, -0.15) is 0 Å². The van der Waals surface area contributed by atoms with Crippen LogP contribution in [0.2, 0.25) is 0 Å². The molecule has 6 heteroatoms. The summed E-state index contributed by atoms with van der Waals surface area (Å²) in [5, 5.41) is 3.13. The van der Waals surface area contributed by atoms with Gasteiger partial charge in [0.15, 0.2) is 0 Å². The predicted molar refractivity (Wildman–Crippen MR) is 82.5 cm³/mol. The number of hydrogen-bond acceptors (Lipinski definition) is 4. The molecule has 0 fully saturated rings. The molecule has 0 radical (unpaired) electrons. The SMILES string of the molecule is COC(=O)C1=C([AsH2])NC=C(c2cccc(CCl)c2)N1C. The van der Waals surface area contributed by atoms with Gasteiger partial charge in [0, 0.05) is 0 Å². The Morgan fingerprint density at radius 3 is 2.90 bits per heavy atom. The summed E-state index contributed by atoms with van der Waals surface area (Å²) in [6.45, 7) is 0. The summed E-state index contributed by atoms with van der Waals surface area (Å²) in [7, 11) is 3.24. The van der Waals surface area contributed by atoms with Crippen LogP contribution in [-0.2, 0) is 15.4 Å². The van der Waals surface area contributed by atoms with Crippen molar-refractivity contribution < 1.29 is 9.53 Å². The Morgan fingerprint density at radius 2 is 2.25 bits per heavy atom. The molecule has 1 atom stereocenters. The Kier molecular flexibility index (Phi) is 4.79. The number of rotatable bonds is 3. The minimum atomic E-state index is -0.349. The van der Waals surface area contributed by atoms with Crippen LogP contribution < -0.4 is 5.32 Å². The number of halogens is 1. The minimum absolute atomic E-state index is 0.349. The fraction of sp³-hybridized carbons (Fsp3) is 0.214. The number of likely N-dealkylation sites (N-methyl/N-ethyl adjacent to an activating group) is 1. The van der Waals surface area contributed by atoms with E-state index in [4.69, 9.17) is 16.3 Å². The van der Waals surface area contributed by atoms with Gasteiger partial charge in [0.25, 0.3) is 0 Å². The number of carbonyl (C=O) groups excluding carboxylic acids is 1. The van der Waals surface area contributed by atoms with Gasteiger partial charge in [0.05, 0.1) is 0 Å². The van der Waals surface area contributed by atoms with Gasteiger partial charge < -0.3 is 0 Å². The van der Waals surface area contributed by atoms with E-state index in [1.807, 2.05) is 42.4 Å². The van der Waals surface area contributed by atoms with E-state index in [1.54, 1.807) is 0 Å². The summed E-state index contributed by atoms with van der Waals surface area (Å²) in [5.74, 6) is 0.110. The maximum absolute atomic E-state index is 11.9. The van der Waals surface area contributed by atoms with E-state index >= 15 is 0 Å². The van der Waals surface area contributed by atoms with E-state index in [9.17, 15) is 4.79 Å². The summed E-state index contributed by atoms with van der Waals surface area (Å²) in [6.07, 6.45) is 1.89. The van der Waals surface area contributed by atoms with E-state index in [0.29, 0.717) is 11.6 Å². The molecule has 1 heterocycles. The molecular formula is C14H16AsClN2O2. The first-order chi connectivity index (χ1) is 9.58. The standard InChI is InChI=1S/C14H16AsClN2O2/c1-18-11(10-5-3-4-9(6-10)7-16)8-17-13(15)12(18)14(19)20-2/h3-6,8,17H,7,15H2,1-2H3. The topological polar surface area (TPSA) is 41.6 Å². The van der Waals surface area contributed by atoms with Crippen LogP contribution in [0.4, 0.5) is 0 Å². The van der Waals surface area contributed by atoms with Crippen molar-refractivity contribution in [3.05, 3.63) is 51.8 Å². The molecule has 1 aliphatic heterocycles. The predicted octanol–water partition coefficient (Wildman–Crippen LogP) is 1.23. The Hall–Kier alpha value is -1.38. The molecule has 0 bridgehead atoms. The monoisotopic (exact) mass is 354 g/mol. The number of nitrogens with zero attached hydrogens (tertiary/aromatic N) is 1. The van der Waals surface area contributed by atoms with Crippen LogP contribution in [0.3, 0.4) is 0 Å². The van der Waals surface area contributed by atoms with Crippen molar-refractivity contribution in [3.63, 3.8) is 0 Å². The third kappa shape index (κ3) is 2.86. The first kappa shape index (κ1) is 15.0. The average molecular weight is 355 g/mol. The van der Waals surface area contributed by atoms with Crippen molar-refractivity contribution in [3.8, 4) is 0 Å². The first-order valence-electron chi connectivity index (χ1n) is 6.02. The van der Waals surface area contributed by atoms with Crippen LogP contribution in [0.5, 0.6) is 0 Å². The number of carbonyl (C=O) groups is 1. The Morgan fingerprint density at radius 1 is 1.50 bits per heavy atom. The number of alkyl halides is 1. The number of nitrogens with one attached hydrogen (secondary N) is 1. The van der Waals surface area contributed by atoms with Crippen molar-refractivity contribution in [1.82, 2.24) is 10.2 Å². The molecule has 106 valence electrons. The molecule has 0 amide bonds. The Bertz CT molecular complexity index is 599. The molecule has 0 saturated heterocycles. The number of methoxy groups -OCH3 is 1. The van der Waals surface area contributed by atoms with Crippen molar-refractivity contribution >= 4 is 40.1 Å². The zero-order valence-electron chi connectivity index (χ0n) is 11.3. The van der Waals surface area contributed by atoms with Gasteiger partial charge in [-0.25, -0.2) is 0 Å². The molecule has 0 aliphatic carbocycles. The fourth-order valence-corrected chi connectivity index (χ4v) is 3.04. The Balaban J connectivity index is 2.37. The van der Waals surface area contributed by atoms with Gasteiger partial charge in [-0.1, -0.05) is 0 Å². The molecule has 1 aromatic carbocycles. The zero-order chi connectivity index (χ0) is 14.7. The van der Waals surface area contributed by atoms with Crippen molar-refractivity contribution in [2.75, 3.05) is 14.2 Å². The van der Waals surface area contributed by atoms with E-state index in [1.165, 1.54) is 24.0 Å². The van der Waals surface area contributed by atoms with Crippen LogP contribution in [0.1, 0.15) is 11.1 Å². The summed E-state index contributed by atoms with van der Waals surface area (Å²) >= 11 is 7.21. The molecule has 20 heavy (non-hydrogen) atoms. The van der Waals surface area contributed by atoms with Gasteiger partial charge >= 0.3 is 132 Å². The molecular weight excluding hydrogens is 339 g/mol. The summed E-state index contributed by atoms with van der Waals surface area (Å²) in [5.41, 5.74) is 3.47. The molecule has 0 spiro atoms. The normalized spacial score (nSPS) is 14.8. The van der Waals surface area contributed by atoms with Gasteiger partial charge in [0.2, 0.25) is 0 Å². The molecule has 4 nitrogen and oxygen atoms in total. The number of hydrogen-bond donors (Lipinski definition) is 1. The molecule has 0 saturated carbocycles. The molecule has 1 aliphatic rings. The van der Waals surface area contributed by atoms with E-state index in [0.717, 1.165) is 21.3 Å². The van der Waals surface area contributed by atoms with Crippen molar-refractivity contribution in [2.24, 2.45) is 0 Å². The number of benzene rings is 1. The van der Waals surface area contributed by atoms with Gasteiger partial charge in [-0.05, 0) is 0 Å². The second kappa shape index (κ2) is 6.38. The van der Waals surface area contributed by atoms with Gasteiger partial charge in [-0.3, -0.25) is 0 Å². The van der Waals surface area contributed by atoms with Crippen molar-refractivity contribution in [2.45, 2.75) is 5.88 Å². The maximum atomic E-state index is 11.9. The quantitative estimate of drug-likeness (QED) is 0.504. The molecule has 1 N–H and O–H groups in total. The van der Waals surface area contributed by atoms with Crippen LogP contribution in [0.25, 0.3) is 5.70 Å². The average Bonchev–Trinajstić information content (AvgIpc) is 2.47. The van der Waals surface area contributed by atoms with Crippen LogP contribution in [-0.4, -0.2) is 41.9 Å². The second-order valence-electron chi connectivity index (χ2n) is 4.32.